The summed E-state index contributed by atoms with van der Waals surface area (Å²) in [6, 6.07) is 20.2. The van der Waals surface area contributed by atoms with Crippen LogP contribution in [0.25, 0.3) is 11.6 Å². The first kappa shape index (κ1) is 17.9. The number of hydrogen-bond donors (Lipinski definition) is 0. The van der Waals surface area contributed by atoms with Crippen LogP contribution < -0.4 is 0 Å². The highest BCUT2D eigenvalue weighted by molar-refractivity contribution is 8.22. The molecule has 0 bridgehead atoms. The molecule has 1 aliphatic rings. The molecule has 2 aromatic carbocycles. The number of thioether (sulfide) groups is 2. The van der Waals surface area contributed by atoms with E-state index >= 15 is 0 Å². The van der Waals surface area contributed by atoms with E-state index in [4.69, 9.17) is 0 Å². The third-order valence-electron chi connectivity index (χ3n) is 3.81. The van der Waals surface area contributed by atoms with Gasteiger partial charge in [-0.15, -0.1) is 29.3 Å². The van der Waals surface area contributed by atoms with E-state index in [9.17, 15) is 4.79 Å². The average Bonchev–Trinajstić information content (AvgIpc) is 2.67. The standard InChI is InChI=1S/C22H20OS2/c1-17(23)21(22-24-15-8-16-25-22)20(19-11-6-3-7-12-19)14-13-18-9-4-2-5-10-18/h2-7,9-13H,8,15-16H2,1H3. The molecule has 0 atom stereocenters. The lowest BCUT2D eigenvalue weighted by Gasteiger charge is -2.18. The molecular formula is C22H20OS2. The van der Waals surface area contributed by atoms with Crippen molar-refractivity contribution in [2.24, 2.45) is 0 Å². The Morgan fingerprint density at radius 3 is 2.16 bits per heavy atom. The molecule has 2 aromatic rings. The van der Waals surface area contributed by atoms with Crippen LogP contribution in [0.5, 0.6) is 0 Å². The van der Waals surface area contributed by atoms with Gasteiger partial charge in [0.2, 0.25) is 0 Å². The van der Waals surface area contributed by atoms with Gasteiger partial charge < -0.3 is 0 Å². The molecule has 3 rings (SSSR count). The molecule has 25 heavy (non-hydrogen) atoms. The Balaban J connectivity index is 2.16. The number of ketones is 1. The molecule has 0 N–H and O–H groups in total. The van der Waals surface area contributed by atoms with Crippen molar-refractivity contribution in [3.05, 3.63) is 87.3 Å². The highest BCUT2D eigenvalue weighted by Crippen LogP contribution is 2.41. The predicted octanol–water partition coefficient (Wildman–Crippen LogP) is 6.05. The fraction of sp³-hybridized carbons (Fsp3) is 0.182. The van der Waals surface area contributed by atoms with Crippen LogP contribution in [-0.4, -0.2) is 17.3 Å². The van der Waals surface area contributed by atoms with Crippen molar-refractivity contribution in [3.8, 4) is 0 Å². The zero-order chi connectivity index (χ0) is 17.5. The Kier molecular flexibility index (Phi) is 6.41. The Bertz CT molecular complexity index is 821. The van der Waals surface area contributed by atoms with Gasteiger partial charge in [-0.1, -0.05) is 60.7 Å². The predicted molar refractivity (Wildman–Crippen MR) is 112 cm³/mol. The number of Topliss-reactive ketones (excluding diaryl/α,β-unsaturated/α-hetero) is 1. The Hall–Kier alpha value is -1.93. The van der Waals surface area contributed by atoms with Crippen LogP contribution in [0, 0.1) is 0 Å². The summed E-state index contributed by atoms with van der Waals surface area (Å²) in [6.07, 6.45) is 3.15. The summed E-state index contributed by atoms with van der Waals surface area (Å²) in [5.74, 6) is 2.25. The van der Waals surface area contributed by atoms with Crippen molar-refractivity contribution in [1.82, 2.24) is 0 Å². The normalized spacial score (nSPS) is 13.7. The molecule has 1 aliphatic heterocycles. The van der Waals surface area contributed by atoms with Gasteiger partial charge in [-0.25, -0.2) is 0 Å². The summed E-state index contributed by atoms with van der Waals surface area (Å²) >= 11 is 3.58. The lowest BCUT2D eigenvalue weighted by Crippen LogP contribution is -2.05. The molecule has 0 aromatic heterocycles. The van der Waals surface area contributed by atoms with Crippen LogP contribution >= 0.6 is 23.5 Å². The van der Waals surface area contributed by atoms with Gasteiger partial charge in [-0.05, 0) is 42.1 Å². The molecule has 0 amide bonds. The van der Waals surface area contributed by atoms with Gasteiger partial charge in [-0.2, -0.15) is 0 Å². The topological polar surface area (TPSA) is 17.1 Å². The van der Waals surface area contributed by atoms with Crippen LogP contribution in [0.3, 0.4) is 0 Å². The van der Waals surface area contributed by atoms with Gasteiger partial charge in [0.15, 0.2) is 5.78 Å². The molecule has 1 saturated heterocycles. The second-order valence-electron chi connectivity index (χ2n) is 5.71. The first-order valence-electron chi connectivity index (χ1n) is 8.34. The van der Waals surface area contributed by atoms with Gasteiger partial charge in [0.05, 0.1) is 9.81 Å². The number of carbonyl (C=O) groups excluding carboxylic acids is 1. The molecule has 0 spiro atoms. The van der Waals surface area contributed by atoms with Crippen LogP contribution in [0.2, 0.25) is 0 Å². The van der Waals surface area contributed by atoms with E-state index in [0.29, 0.717) is 0 Å². The third-order valence-corrected chi connectivity index (χ3v) is 6.43. The molecule has 1 heterocycles. The quantitative estimate of drug-likeness (QED) is 0.485. The number of carbonyl (C=O) groups is 1. The maximum absolute atomic E-state index is 12.5. The first-order valence-corrected chi connectivity index (χ1v) is 10.3. The summed E-state index contributed by atoms with van der Waals surface area (Å²) in [7, 11) is 0. The second-order valence-corrected chi connectivity index (χ2v) is 8.18. The van der Waals surface area contributed by atoms with Crippen molar-refractivity contribution >= 4 is 41.0 Å². The SMILES string of the molecule is CC(=O)C(C(=C=Cc1ccccc1)c1ccccc1)=C1SCCCS1. The number of hydrogen-bond acceptors (Lipinski definition) is 3. The van der Waals surface area contributed by atoms with Crippen LogP contribution in [0.4, 0.5) is 0 Å². The second kappa shape index (κ2) is 8.96. The highest BCUT2D eigenvalue weighted by Gasteiger charge is 2.20. The van der Waals surface area contributed by atoms with Crippen molar-refractivity contribution < 1.29 is 4.79 Å². The molecule has 1 fully saturated rings. The van der Waals surface area contributed by atoms with E-state index in [1.165, 1.54) is 6.42 Å². The molecule has 0 saturated carbocycles. The van der Waals surface area contributed by atoms with Gasteiger partial charge >= 0.3 is 0 Å². The number of benzene rings is 2. The van der Waals surface area contributed by atoms with Gasteiger partial charge in [0.1, 0.15) is 0 Å². The molecule has 0 unspecified atom stereocenters. The largest absolute Gasteiger partial charge is 0.294 e. The minimum Gasteiger partial charge on any atom is -0.294 e. The molecule has 1 nitrogen and oxygen atoms in total. The van der Waals surface area contributed by atoms with Crippen molar-refractivity contribution in [1.29, 1.82) is 0 Å². The van der Waals surface area contributed by atoms with E-state index in [2.05, 4.69) is 5.73 Å². The monoisotopic (exact) mass is 364 g/mol. The summed E-state index contributed by atoms with van der Waals surface area (Å²) in [5.41, 5.74) is 7.20. The van der Waals surface area contributed by atoms with Crippen molar-refractivity contribution in [2.75, 3.05) is 11.5 Å². The van der Waals surface area contributed by atoms with Crippen LogP contribution in [-0.2, 0) is 4.79 Å². The zero-order valence-corrected chi connectivity index (χ0v) is 15.8. The van der Waals surface area contributed by atoms with Crippen molar-refractivity contribution in [3.63, 3.8) is 0 Å². The van der Waals surface area contributed by atoms with E-state index in [0.717, 1.165) is 38.0 Å². The van der Waals surface area contributed by atoms with Gasteiger partial charge in [0, 0.05) is 5.57 Å². The lowest BCUT2D eigenvalue weighted by atomic mass is 9.97. The van der Waals surface area contributed by atoms with Crippen molar-refractivity contribution in [2.45, 2.75) is 13.3 Å². The minimum atomic E-state index is 0.102. The first-order chi connectivity index (χ1) is 12.3. The average molecular weight is 365 g/mol. The zero-order valence-electron chi connectivity index (χ0n) is 14.2. The van der Waals surface area contributed by atoms with Gasteiger partial charge in [0.25, 0.3) is 0 Å². The Morgan fingerprint density at radius 2 is 1.56 bits per heavy atom. The summed E-state index contributed by atoms with van der Waals surface area (Å²) in [5, 5.41) is 0. The van der Waals surface area contributed by atoms with Gasteiger partial charge in [-0.3, -0.25) is 4.79 Å². The highest BCUT2D eigenvalue weighted by atomic mass is 32.2. The number of allylic oxidation sites excluding steroid dienone is 2. The maximum atomic E-state index is 12.5. The Labute approximate surface area is 157 Å². The fourth-order valence-corrected chi connectivity index (χ4v) is 5.35. The lowest BCUT2D eigenvalue weighted by molar-refractivity contribution is -0.113. The van der Waals surface area contributed by atoms with E-state index in [1.807, 2.05) is 66.7 Å². The number of rotatable bonds is 4. The smallest absolute Gasteiger partial charge is 0.162 e. The summed E-state index contributed by atoms with van der Waals surface area (Å²) in [6.45, 7) is 1.66. The molecule has 3 heteroatoms. The third kappa shape index (κ3) is 4.79. The Morgan fingerprint density at radius 1 is 0.960 bits per heavy atom. The molecule has 126 valence electrons. The summed E-state index contributed by atoms with van der Waals surface area (Å²) < 4.78 is 1.13. The van der Waals surface area contributed by atoms with Crippen LogP contribution in [0.1, 0.15) is 24.5 Å². The summed E-state index contributed by atoms with van der Waals surface area (Å²) in [4.78, 5) is 12.5. The fourth-order valence-electron chi connectivity index (χ4n) is 2.61. The van der Waals surface area contributed by atoms with E-state index < -0.39 is 0 Å². The van der Waals surface area contributed by atoms with Crippen LogP contribution in [0.15, 0.2) is 76.2 Å². The molecule has 0 radical (unpaired) electrons. The molecule has 0 aliphatic carbocycles. The van der Waals surface area contributed by atoms with E-state index in [-0.39, 0.29) is 5.78 Å². The minimum absolute atomic E-state index is 0.102. The van der Waals surface area contributed by atoms with E-state index in [1.54, 1.807) is 30.4 Å². The molecular weight excluding hydrogens is 344 g/mol. The maximum Gasteiger partial charge on any atom is 0.162 e.